The van der Waals surface area contributed by atoms with Crippen molar-refractivity contribution in [3.8, 4) is 0 Å². The lowest BCUT2D eigenvalue weighted by molar-refractivity contribution is 0.262. The average Bonchev–Trinajstić information content (AvgIpc) is 2.38. The van der Waals surface area contributed by atoms with Crippen LogP contribution in [0.2, 0.25) is 10.0 Å². The molecule has 0 unspecified atom stereocenters. The third-order valence-electron chi connectivity index (χ3n) is 2.32. The molecule has 0 saturated heterocycles. The van der Waals surface area contributed by atoms with Gasteiger partial charge in [-0.2, -0.15) is 0 Å². The second-order valence-corrected chi connectivity index (χ2v) is 5.27. The number of anilines is 2. The first kappa shape index (κ1) is 14.2. The number of halogens is 3. The van der Waals surface area contributed by atoms with E-state index in [1.54, 1.807) is 42.5 Å². The third-order valence-corrected chi connectivity index (χ3v) is 4.05. The summed E-state index contributed by atoms with van der Waals surface area (Å²) in [5.41, 5.74) is 1.12. The number of hydrogen-bond acceptors (Lipinski definition) is 1. The molecule has 3 nitrogen and oxygen atoms in total. The van der Waals surface area contributed by atoms with Crippen LogP contribution in [0.4, 0.5) is 16.2 Å². The van der Waals surface area contributed by atoms with E-state index in [1.807, 2.05) is 0 Å². The minimum Gasteiger partial charge on any atom is -0.307 e. The Morgan fingerprint density at radius 2 is 1.47 bits per heavy atom. The highest BCUT2D eigenvalue weighted by Crippen LogP contribution is 2.30. The van der Waals surface area contributed by atoms with Crippen molar-refractivity contribution in [2.45, 2.75) is 0 Å². The van der Waals surface area contributed by atoms with Crippen molar-refractivity contribution in [1.29, 1.82) is 0 Å². The molecule has 0 aliphatic heterocycles. The largest absolute Gasteiger partial charge is 0.323 e. The Bertz CT molecular complexity index is 619. The number of carbonyl (C=O) groups excluding carboxylic acids is 1. The van der Waals surface area contributed by atoms with Gasteiger partial charge in [0.15, 0.2) is 0 Å². The van der Waals surface area contributed by atoms with E-state index in [4.69, 9.17) is 23.2 Å². The summed E-state index contributed by atoms with van der Waals surface area (Å²) in [7, 11) is 0. The van der Waals surface area contributed by atoms with Crippen LogP contribution in [0.3, 0.4) is 0 Å². The van der Waals surface area contributed by atoms with Gasteiger partial charge in [0.1, 0.15) is 0 Å². The Morgan fingerprint density at radius 1 is 0.895 bits per heavy atom. The number of urea groups is 1. The number of carbonyl (C=O) groups is 1. The molecule has 2 N–H and O–H groups in total. The van der Waals surface area contributed by atoms with Gasteiger partial charge in [-0.1, -0.05) is 41.4 Å². The van der Waals surface area contributed by atoms with Crippen LogP contribution >= 0.6 is 39.1 Å². The van der Waals surface area contributed by atoms with Gasteiger partial charge < -0.3 is 10.6 Å². The molecule has 98 valence electrons. The molecule has 2 aromatic carbocycles. The van der Waals surface area contributed by atoms with E-state index >= 15 is 0 Å². The van der Waals surface area contributed by atoms with Crippen molar-refractivity contribution in [3.05, 3.63) is 57.0 Å². The molecular formula is C13H9BrCl2N2O. The number of amides is 2. The van der Waals surface area contributed by atoms with E-state index in [2.05, 4.69) is 26.6 Å². The van der Waals surface area contributed by atoms with Crippen LogP contribution < -0.4 is 10.6 Å². The minimum absolute atomic E-state index is 0.393. The lowest BCUT2D eigenvalue weighted by atomic mass is 10.3. The Hall–Kier alpha value is -1.23. The van der Waals surface area contributed by atoms with Crippen molar-refractivity contribution in [2.24, 2.45) is 0 Å². The number of rotatable bonds is 2. The van der Waals surface area contributed by atoms with Crippen LogP contribution in [0.25, 0.3) is 0 Å². The molecule has 0 atom stereocenters. The van der Waals surface area contributed by atoms with Crippen molar-refractivity contribution in [1.82, 2.24) is 0 Å². The van der Waals surface area contributed by atoms with Crippen LogP contribution in [0.15, 0.2) is 46.9 Å². The van der Waals surface area contributed by atoms with Crippen molar-refractivity contribution >= 4 is 56.5 Å². The van der Waals surface area contributed by atoms with Gasteiger partial charge in [-0.05, 0) is 40.2 Å². The smallest absolute Gasteiger partial charge is 0.307 e. The number of benzene rings is 2. The molecular weight excluding hydrogens is 351 g/mol. The molecule has 19 heavy (non-hydrogen) atoms. The van der Waals surface area contributed by atoms with E-state index in [0.29, 0.717) is 25.9 Å². The highest BCUT2D eigenvalue weighted by molar-refractivity contribution is 9.10. The quantitative estimate of drug-likeness (QED) is 0.740. The third kappa shape index (κ3) is 3.62. The van der Waals surface area contributed by atoms with Crippen molar-refractivity contribution in [3.63, 3.8) is 0 Å². The molecule has 2 rings (SSSR count). The van der Waals surface area contributed by atoms with E-state index < -0.39 is 6.03 Å². The fraction of sp³-hybridized carbons (Fsp3) is 0. The van der Waals surface area contributed by atoms with Gasteiger partial charge >= 0.3 is 6.03 Å². The van der Waals surface area contributed by atoms with Gasteiger partial charge in [0.2, 0.25) is 0 Å². The molecule has 0 spiro atoms. The number of para-hydroxylation sites is 1. The molecule has 0 bridgehead atoms. The lowest BCUT2D eigenvalue weighted by Gasteiger charge is -2.10. The minimum atomic E-state index is -0.393. The van der Waals surface area contributed by atoms with Crippen LogP contribution in [0, 0.1) is 0 Å². The van der Waals surface area contributed by atoms with Crippen LogP contribution in [-0.4, -0.2) is 6.03 Å². The van der Waals surface area contributed by atoms with Gasteiger partial charge in [-0.25, -0.2) is 4.79 Å². The summed E-state index contributed by atoms with van der Waals surface area (Å²) in [5, 5.41) is 6.34. The van der Waals surface area contributed by atoms with Crippen LogP contribution in [0.5, 0.6) is 0 Å². The first-order chi connectivity index (χ1) is 9.08. The van der Waals surface area contributed by atoms with Gasteiger partial charge in [0.05, 0.1) is 25.9 Å². The average molecular weight is 360 g/mol. The fourth-order valence-electron chi connectivity index (χ4n) is 1.44. The SMILES string of the molecule is O=C(Nc1ccccc1Cl)Nc1cccc(Cl)c1Br. The monoisotopic (exact) mass is 358 g/mol. The summed E-state index contributed by atoms with van der Waals surface area (Å²) in [5.74, 6) is 0. The zero-order valence-corrected chi connectivity index (χ0v) is 12.7. The summed E-state index contributed by atoms with van der Waals surface area (Å²) in [6.07, 6.45) is 0. The van der Waals surface area contributed by atoms with Crippen molar-refractivity contribution in [2.75, 3.05) is 10.6 Å². The standard InChI is InChI=1S/C13H9BrCl2N2O/c14-12-9(16)5-3-7-11(12)18-13(19)17-10-6-2-1-4-8(10)15/h1-7H,(H2,17,18,19). The maximum absolute atomic E-state index is 11.9. The Kier molecular flexibility index (Phi) is 4.69. The summed E-state index contributed by atoms with van der Waals surface area (Å²) in [4.78, 5) is 11.9. The van der Waals surface area contributed by atoms with Gasteiger partial charge in [0, 0.05) is 0 Å². The van der Waals surface area contributed by atoms with Crippen LogP contribution in [0.1, 0.15) is 0 Å². The highest BCUT2D eigenvalue weighted by atomic mass is 79.9. The molecule has 0 fully saturated rings. The second-order valence-electron chi connectivity index (χ2n) is 3.66. The first-order valence-corrected chi connectivity index (χ1v) is 6.89. The number of hydrogen-bond donors (Lipinski definition) is 2. The fourth-order valence-corrected chi connectivity index (χ4v) is 2.16. The van der Waals surface area contributed by atoms with E-state index in [9.17, 15) is 4.79 Å². The molecule has 6 heteroatoms. The second kappa shape index (κ2) is 6.28. The molecule has 0 radical (unpaired) electrons. The molecule has 0 saturated carbocycles. The molecule has 0 aliphatic rings. The zero-order valence-electron chi connectivity index (χ0n) is 9.58. The Balaban J connectivity index is 2.10. The van der Waals surface area contributed by atoms with Crippen LogP contribution in [-0.2, 0) is 0 Å². The van der Waals surface area contributed by atoms with Gasteiger partial charge in [-0.15, -0.1) is 0 Å². The number of nitrogens with one attached hydrogen (secondary N) is 2. The maximum atomic E-state index is 11.9. The van der Waals surface area contributed by atoms with Gasteiger partial charge in [0.25, 0.3) is 0 Å². The first-order valence-electron chi connectivity index (χ1n) is 5.34. The molecule has 0 heterocycles. The molecule has 2 amide bonds. The summed E-state index contributed by atoms with van der Waals surface area (Å²) < 4.78 is 0.631. The summed E-state index contributed by atoms with van der Waals surface area (Å²) in [6, 6.07) is 11.8. The predicted octanol–water partition coefficient (Wildman–Crippen LogP) is 5.40. The Labute approximate surface area is 129 Å². The maximum Gasteiger partial charge on any atom is 0.323 e. The van der Waals surface area contributed by atoms with E-state index in [-0.39, 0.29) is 0 Å². The summed E-state index contributed by atoms with van der Waals surface area (Å²) >= 11 is 15.2. The predicted molar refractivity (Wildman–Crippen MR) is 83.2 cm³/mol. The molecule has 0 aromatic heterocycles. The lowest BCUT2D eigenvalue weighted by Crippen LogP contribution is -2.19. The summed E-state index contributed by atoms with van der Waals surface area (Å²) in [6.45, 7) is 0. The highest BCUT2D eigenvalue weighted by Gasteiger charge is 2.09. The topological polar surface area (TPSA) is 41.1 Å². The van der Waals surface area contributed by atoms with E-state index in [1.165, 1.54) is 0 Å². The van der Waals surface area contributed by atoms with Crippen molar-refractivity contribution < 1.29 is 4.79 Å². The molecule has 2 aromatic rings. The zero-order chi connectivity index (χ0) is 13.8. The normalized spacial score (nSPS) is 10.1. The Morgan fingerprint density at radius 3 is 2.21 bits per heavy atom. The van der Waals surface area contributed by atoms with E-state index in [0.717, 1.165) is 0 Å². The van der Waals surface area contributed by atoms with Gasteiger partial charge in [-0.3, -0.25) is 0 Å². The molecule has 0 aliphatic carbocycles.